The average molecular weight is 415 g/mol. The van der Waals surface area contributed by atoms with E-state index in [4.69, 9.17) is 4.74 Å². The lowest BCUT2D eigenvalue weighted by Gasteiger charge is -2.26. The maximum atomic E-state index is 15.7. The lowest BCUT2D eigenvalue weighted by atomic mass is 9.94. The molecule has 1 aromatic heterocycles. The minimum absolute atomic E-state index is 0.0978. The molecule has 0 amide bonds. The Morgan fingerprint density at radius 1 is 1.30 bits per heavy atom. The van der Waals surface area contributed by atoms with Crippen molar-refractivity contribution in [3.05, 3.63) is 33.4 Å². The van der Waals surface area contributed by atoms with E-state index in [1.165, 1.54) is 13.3 Å². The summed E-state index contributed by atoms with van der Waals surface area (Å²) in [6.07, 6.45) is 5.41. The van der Waals surface area contributed by atoms with Crippen molar-refractivity contribution in [3.8, 4) is 5.75 Å². The first-order valence-corrected chi connectivity index (χ1v) is 10.6. The molecule has 0 radical (unpaired) electrons. The summed E-state index contributed by atoms with van der Waals surface area (Å²) in [5.74, 6) is -1.01. The lowest BCUT2D eigenvalue weighted by molar-refractivity contribution is 0.0695. The highest BCUT2D eigenvalue weighted by atomic mass is 19.1. The van der Waals surface area contributed by atoms with Gasteiger partial charge in [-0.2, -0.15) is 0 Å². The second-order valence-corrected chi connectivity index (χ2v) is 8.73. The quantitative estimate of drug-likeness (QED) is 0.799. The van der Waals surface area contributed by atoms with Crippen LogP contribution in [0.3, 0.4) is 0 Å². The van der Waals surface area contributed by atoms with E-state index in [0.29, 0.717) is 35.5 Å². The molecule has 1 saturated carbocycles. The highest BCUT2D eigenvalue weighted by Crippen LogP contribution is 2.46. The molecule has 3 aliphatic rings. The van der Waals surface area contributed by atoms with Gasteiger partial charge in [-0.25, -0.2) is 9.18 Å². The largest absolute Gasteiger partial charge is 0.492 e. The number of ether oxygens (including phenoxy) is 1. The number of carboxylic acids is 1. The molecule has 2 atom stereocenters. The van der Waals surface area contributed by atoms with Gasteiger partial charge < -0.3 is 24.6 Å². The van der Waals surface area contributed by atoms with Gasteiger partial charge >= 0.3 is 5.97 Å². The van der Waals surface area contributed by atoms with Crippen molar-refractivity contribution in [2.75, 3.05) is 31.6 Å². The first-order valence-electron chi connectivity index (χ1n) is 10.6. The number of methoxy groups -OCH3 is 1. The smallest absolute Gasteiger partial charge is 0.341 e. The van der Waals surface area contributed by atoms with Crippen LogP contribution in [-0.2, 0) is 0 Å². The second kappa shape index (κ2) is 6.97. The van der Waals surface area contributed by atoms with Gasteiger partial charge in [-0.05, 0) is 45.1 Å². The van der Waals surface area contributed by atoms with Crippen LogP contribution in [0.4, 0.5) is 10.1 Å². The normalized spacial score (nSPS) is 23.6. The molecule has 1 aromatic carbocycles. The number of nitrogens with zero attached hydrogens (tertiary/aromatic N) is 2. The standard InChI is InChI=1S/C22H26FN3O4/c1-11-16-18(26(13-5-6-13)9-14(20(16)27)22(28)29)21(30-2)19(17(11)23)25-8-12-4-3-7-24-15(12)10-25/h9,12-13,15,24H,3-8,10H2,1-2H3,(H,28,29)/t12-,15+/m0/s1. The van der Waals surface area contributed by atoms with Crippen LogP contribution in [0.1, 0.15) is 47.6 Å². The van der Waals surface area contributed by atoms with E-state index in [1.54, 1.807) is 6.92 Å². The SMILES string of the molecule is COc1c(N2C[C@@H]3CCCN[C@@H]3C2)c(F)c(C)c2c(=O)c(C(=O)O)cn(C3CC3)c12. The number of halogens is 1. The zero-order chi connectivity index (χ0) is 21.2. The Kier molecular flexibility index (Phi) is 4.50. The predicted octanol–water partition coefficient (Wildman–Crippen LogP) is 2.68. The number of anilines is 1. The van der Waals surface area contributed by atoms with Gasteiger partial charge in [0.25, 0.3) is 0 Å². The van der Waals surface area contributed by atoms with Gasteiger partial charge in [0.1, 0.15) is 11.3 Å². The van der Waals surface area contributed by atoms with Crippen LogP contribution in [0.2, 0.25) is 0 Å². The Morgan fingerprint density at radius 3 is 2.70 bits per heavy atom. The molecule has 7 nitrogen and oxygen atoms in total. The number of rotatable bonds is 4. The molecule has 2 aliphatic heterocycles. The first-order chi connectivity index (χ1) is 14.4. The summed E-state index contributed by atoms with van der Waals surface area (Å²) >= 11 is 0. The Balaban J connectivity index is 1.78. The number of hydrogen-bond donors (Lipinski definition) is 2. The zero-order valence-electron chi connectivity index (χ0n) is 17.2. The van der Waals surface area contributed by atoms with Crippen LogP contribution in [0.5, 0.6) is 5.75 Å². The predicted molar refractivity (Wildman–Crippen MR) is 111 cm³/mol. The molecule has 3 heterocycles. The number of aryl methyl sites for hydroxylation is 1. The monoisotopic (exact) mass is 415 g/mol. The molecule has 30 heavy (non-hydrogen) atoms. The number of nitrogens with one attached hydrogen (secondary N) is 1. The molecule has 1 aliphatic carbocycles. The van der Waals surface area contributed by atoms with Crippen LogP contribution in [0.25, 0.3) is 10.9 Å². The first kappa shape index (κ1) is 19.4. The third-order valence-electron chi connectivity index (χ3n) is 6.87. The Hall–Kier alpha value is -2.61. The third-order valence-corrected chi connectivity index (χ3v) is 6.87. The minimum Gasteiger partial charge on any atom is -0.492 e. The van der Waals surface area contributed by atoms with Gasteiger partial charge in [0.05, 0.1) is 18.0 Å². The topological polar surface area (TPSA) is 83.8 Å². The number of carbonyl (C=O) groups is 1. The Bertz CT molecular complexity index is 1090. The molecule has 160 valence electrons. The number of fused-ring (bicyclic) bond motifs is 2. The summed E-state index contributed by atoms with van der Waals surface area (Å²) in [4.78, 5) is 26.7. The number of benzene rings is 1. The van der Waals surface area contributed by atoms with Gasteiger partial charge in [-0.3, -0.25) is 4.79 Å². The van der Waals surface area contributed by atoms with Gasteiger partial charge in [-0.15, -0.1) is 0 Å². The zero-order valence-corrected chi connectivity index (χ0v) is 17.2. The minimum atomic E-state index is -1.30. The molecule has 0 spiro atoms. The van der Waals surface area contributed by atoms with Crippen LogP contribution in [0.15, 0.2) is 11.0 Å². The fourth-order valence-corrected chi connectivity index (χ4v) is 5.21. The second-order valence-electron chi connectivity index (χ2n) is 8.73. The van der Waals surface area contributed by atoms with Gasteiger partial charge in [0, 0.05) is 36.9 Å². The van der Waals surface area contributed by atoms with Crippen molar-refractivity contribution in [2.45, 2.75) is 44.7 Å². The van der Waals surface area contributed by atoms with Crippen LogP contribution < -0.4 is 20.4 Å². The van der Waals surface area contributed by atoms with E-state index in [-0.39, 0.29) is 22.6 Å². The molecule has 5 rings (SSSR count). The molecule has 3 fully saturated rings. The van der Waals surface area contributed by atoms with E-state index >= 15 is 4.39 Å². The summed E-state index contributed by atoms with van der Waals surface area (Å²) in [5, 5.41) is 13.2. The fraction of sp³-hybridized carbons (Fsp3) is 0.545. The van der Waals surface area contributed by atoms with Gasteiger partial charge in [0.2, 0.25) is 5.43 Å². The van der Waals surface area contributed by atoms with E-state index in [9.17, 15) is 14.7 Å². The average Bonchev–Trinajstić information content (AvgIpc) is 3.48. The van der Waals surface area contributed by atoms with Crippen molar-refractivity contribution in [1.82, 2.24) is 9.88 Å². The summed E-state index contributed by atoms with van der Waals surface area (Å²) in [6.45, 7) is 3.96. The molecular formula is C22H26FN3O4. The van der Waals surface area contributed by atoms with E-state index in [2.05, 4.69) is 5.32 Å². The molecule has 2 N–H and O–H groups in total. The number of piperidine rings is 1. The van der Waals surface area contributed by atoms with E-state index < -0.39 is 17.2 Å². The summed E-state index contributed by atoms with van der Waals surface area (Å²) < 4.78 is 23.3. The Labute approximate surface area is 173 Å². The summed E-state index contributed by atoms with van der Waals surface area (Å²) in [7, 11) is 1.49. The highest BCUT2D eigenvalue weighted by molar-refractivity contribution is 5.99. The van der Waals surface area contributed by atoms with Crippen LogP contribution in [0, 0.1) is 18.7 Å². The van der Waals surface area contributed by atoms with Crippen LogP contribution in [-0.4, -0.2) is 48.4 Å². The molecule has 2 saturated heterocycles. The molecule has 0 bridgehead atoms. The highest BCUT2D eigenvalue weighted by Gasteiger charge is 2.39. The van der Waals surface area contributed by atoms with Gasteiger partial charge in [0.15, 0.2) is 11.6 Å². The third kappa shape index (κ3) is 2.80. The van der Waals surface area contributed by atoms with Crippen molar-refractivity contribution in [1.29, 1.82) is 0 Å². The maximum Gasteiger partial charge on any atom is 0.341 e. The van der Waals surface area contributed by atoms with Gasteiger partial charge in [-0.1, -0.05) is 0 Å². The number of pyridine rings is 1. The van der Waals surface area contributed by atoms with Crippen molar-refractivity contribution < 1.29 is 19.0 Å². The lowest BCUT2D eigenvalue weighted by Crippen LogP contribution is -2.40. The summed E-state index contributed by atoms with van der Waals surface area (Å²) in [6, 6.07) is 0.416. The van der Waals surface area contributed by atoms with E-state index in [0.717, 1.165) is 38.8 Å². The summed E-state index contributed by atoms with van der Waals surface area (Å²) in [5.41, 5.74) is 0.0870. The number of carboxylic acid groups (broad SMARTS) is 1. The molecule has 2 aromatic rings. The Morgan fingerprint density at radius 2 is 2.07 bits per heavy atom. The fourth-order valence-electron chi connectivity index (χ4n) is 5.21. The maximum absolute atomic E-state index is 15.7. The molecule has 0 unspecified atom stereocenters. The van der Waals surface area contributed by atoms with E-state index in [1.807, 2.05) is 9.47 Å². The number of hydrogen-bond acceptors (Lipinski definition) is 5. The molecular weight excluding hydrogens is 389 g/mol. The van der Waals surface area contributed by atoms with Crippen molar-refractivity contribution in [2.24, 2.45) is 5.92 Å². The molecule has 8 heteroatoms. The van der Waals surface area contributed by atoms with Crippen molar-refractivity contribution >= 4 is 22.6 Å². The number of aromatic carboxylic acids is 1. The van der Waals surface area contributed by atoms with Crippen molar-refractivity contribution in [3.63, 3.8) is 0 Å². The van der Waals surface area contributed by atoms with Crippen LogP contribution >= 0.6 is 0 Å². The number of aromatic nitrogens is 1.